The lowest BCUT2D eigenvalue weighted by atomic mass is 9.97. The van der Waals surface area contributed by atoms with Gasteiger partial charge in [-0.15, -0.1) is 0 Å². The maximum absolute atomic E-state index is 14.1. The predicted octanol–water partition coefficient (Wildman–Crippen LogP) is 4.37. The molecule has 2 aromatic carbocycles. The van der Waals surface area contributed by atoms with E-state index in [4.69, 9.17) is 0 Å². The molecule has 5 heteroatoms. The summed E-state index contributed by atoms with van der Waals surface area (Å²) in [7, 11) is 0. The first-order valence-electron chi connectivity index (χ1n) is 7.53. The fraction of sp³-hybridized carbons (Fsp3) is 0.278. The molecule has 0 atom stereocenters. The summed E-state index contributed by atoms with van der Waals surface area (Å²) in [5, 5.41) is 0. The van der Waals surface area contributed by atoms with E-state index in [1.807, 2.05) is 30.0 Å². The van der Waals surface area contributed by atoms with Crippen molar-refractivity contribution in [3.05, 3.63) is 69.4 Å². The van der Waals surface area contributed by atoms with Crippen molar-refractivity contribution in [3.63, 3.8) is 0 Å². The van der Waals surface area contributed by atoms with Crippen LogP contribution >= 0.6 is 27.7 Å². The second-order valence-corrected chi connectivity index (χ2v) is 7.64. The van der Waals surface area contributed by atoms with Crippen molar-refractivity contribution >= 4 is 33.5 Å². The lowest BCUT2D eigenvalue weighted by molar-refractivity contribution is 0.103. The summed E-state index contributed by atoms with van der Waals surface area (Å²) >= 11 is 5.18. The predicted molar refractivity (Wildman–Crippen MR) is 96.6 cm³/mol. The van der Waals surface area contributed by atoms with Gasteiger partial charge < -0.3 is 0 Å². The van der Waals surface area contributed by atoms with Crippen LogP contribution < -0.4 is 0 Å². The lowest BCUT2D eigenvalue weighted by Crippen LogP contribution is -2.32. The van der Waals surface area contributed by atoms with E-state index >= 15 is 0 Å². The first-order chi connectivity index (χ1) is 11.1. The molecule has 1 aliphatic heterocycles. The number of benzene rings is 2. The molecule has 0 unspecified atom stereocenters. The van der Waals surface area contributed by atoms with Crippen LogP contribution in [0.4, 0.5) is 4.39 Å². The van der Waals surface area contributed by atoms with Crippen LogP contribution in [0.5, 0.6) is 0 Å². The Balaban J connectivity index is 1.88. The van der Waals surface area contributed by atoms with Gasteiger partial charge in [-0.3, -0.25) is 9.69 Å². The Kier molecular flexibility index (Phi) is 5.51. The summed E-state index contributed by atoms with van der Waals surface area (Å²) in [6.45, 7) is 2.79. The summed E-state index contributed by atoms with van der Waals surface area (Å²) < 4.78 is 14.7. The molecule has 0 bridgehead atoms. The van der Waals surface area contributed by atoms with Crippen LogP contribution in [0.25, 0.3) is 0 Å². The SMILES string of the molecule is O=C(c1ccc(Br)cc1F)c1ccccc1CN1CCSCC1. The van der Waals surface area contributed by atoms with Gasteiger partial charge in [0.15, 0.2) is 5.78 Å². The quantitative estimate of drug-likeness (QED) is 0.719. The normalized spacial score (nSPS) is 15.6. The minimum absolute atomic E-state index is 0.120. The van der Waals surface area contributed by atoms with Gasteiger partial charge in [0.05, 0.1) is 5.56 Å². The van der Waals surface area contributed by atoms with Gasteiger partial charge in [0.2, 0.25) is 0 Å². The van der Waals surface area contributed by atoms with Crippen molar-refractivity contribution in [1.82, 2.24) is 4.90 Å². The molecule has 1 saturated heterocycles. The largest absolute Gasteiger partial charge is 0.297 e. The van der Waals surface area contributed by atoms with E-state index < -0.39 is 5.82 Å². The molecule has 0 radical (unpaired) electrons. The van der Waals surface area contributed by atoms with E-state index in [0.29, 0.717) is 10.0 Å². The highest BCUT2D eigenvalue weighted by Gasteiger charge is 2.19. The van der Waals surface area contributed by atoms with Crippen LogP contribution in [0.15, 0.2) is 46.9 Å². The Morgan fingerprint density at radius 1 is 1.13 bits per heavy atom. The summed E-state index contributed by atoms with van der Waals surface area (Å²) in [6.07, 6.45) is 0. The highest BCUT2D eigenvalue weighted by molar-refractivity contribution is 9.10. The van der Waals surface area contributed by atoms with E-state index in [-0.39, 0.29) is 11.3 Å². The summed E-state index contributed by atoms with van der Waals surface area (Å²) in [5.41, 5.74) is 1.67. The van der Waals surface area contributed by atoms with Gasteiger partial charge in [-0.2, -0.15) is 11.8 Å². The molecule has 1 heterocycles. The molecule has 3 rings (SSSR count). The number of nitrogens with zero attached hydrogens (tertiary/aromatic N) is 1. The molecule has 23 heavy (non-hydrogen) atoms. The third kappa shape index (κ3) is 4.03. The van der Waals surface area contributed by atoms with Crippen molar-refractivity contribution in [2.24, 2.45) is 0 Å². The maximum atomic E-state index is 14.1. The summed E-state index contributed by atoms with van der Waals surface area (Å²) in [4.78, 5) is 15.1. The molecule has 2 nitrogen and oxygen atoms in total. The Morgan fingerprint density at radius 2 is 1.87 bits per heavy atom. The molecule has 1 aliphatic rings. The Hall–Kier alpha value is -1.17. The number of carbonyl (C=O) groups is 1. The molecule has 0 saturated carbocycles. The number of ketones is 1. The van der Waals surface area contributed by atoms with Crippen LogP contribution in [0.3, 0.4) is 0 Å². The van der Waals surface area contributed by atoms with E-state index in [2.05, 4.69) is 20.8 Å². The smallest absolute Gasteiger partial charge is 0.196 e. The molecular weight excluding hydrogens is 377 g/mol. The van der Waals surface area contributed by atoms with Gasteiger partial charge in [0.1, 0.15) is 5.82 Å². The highest BCUT2D eigenvalue weighted by atomic mass is 79.9. The molecule has 0 N–H and O–H groups in total. The van der Waals surface area contributed by atoms with Crippen LogP contribution in [-0.4, -0.2) is 35.3 Å². The van der Waals surface area contributed by atoms with Crippen molar-refractivity contribution < 1.29 is 9.18 Å². The van der Waals surface area contributed by atoms with Gasteiger partial charge in [-0.25, -0.2) is 4.39 Å². The molecule has 1 fully saturated rings. The second kappa shape index (κ2) is 7.60. The van der Waals surface area contributed by atoms with Crippen LogP contribution in [0.1, 0.15) is 21.5 Å². The molecule has 0 aromatic heterocycles. The molecule has 0 aliphatic carbocycles. The van der Waals surface area contributed by atoms with Gasteiger partial charge in [0.25, 0.3) is 0 Å². The number of hydrogen-bond acceptors (Lipinski definition) is 3. The zero-order valence-corrected chi connectivity index (χ0v) is 15.0. The van der Waals surface area contributed by atoms with E-state index in [1.54, 1.807) is 12.1 Å². The number of rotatable bonds is 4. The third-order valence-electron chi connectivity index (χ3n) is 3.94. The number of thioether (sulfide) groups is 1. The zero-order valence-electron chi connectivity index (χ0n) is 12.6. The Bertz CT molecular complexity index is 716. The van der Waals surface area contributed by atoms with Crippen molar-refractivity contribution in [2.45, 2.75) is 6.54 Å². The highest BCUT2D eigenvalue weighted by Crippen LogP contribution is 2.22. The van der Waals surface area contributed by atoms with Crippen molar-refractivity contribution in [2.75, 3.05) is 24.6 Å². The van der Waals surface area contributed by atoms with Crippen LogP contribution in [0.2, 0.25) is 0 Å². The topological polar surface area (TPSA) is 20.3 Å². The zero-order chi connectivity index (χ0) is 16.2. The number of halogens is 2. The average molecular weight is 394 g/mol. The minimum atomic E-state index is -0.492. The minimum Gasteiger partial charge on any atom is -0.297 e. The van der Waals surface area contributed by atoms with Crippen molar-refractivity contribution in [3.8, 4) is 0 Å². The van der Waals surface area contributed by atoms with Gasteiger partial charge >= 0.3 is 0 Å². The van der Waals surface area contributed by atoms with Gasteiger partial charge in [-0.1, -0.05) is 40.2 Å². The monoisotopic (exact) mass is 393 g/mol. The van der Waals surface area contributed by atoms with Crippen molar-refractivity contribution in [1.29, 1.82) is 0 Å². The van der Waals surface area contributed by atoms with Gasteiger partial charge in [0, 0.05) is 41.2 Å². The average Bonchev–Trinajstić information content (AvgIpc) is 2.56. The van der Waals surface area contributed by atoms with Crippen LogP contribution in [-0.2, 0) is 6.54 Å². The van der Waals surface area contributed by atoms with E-state index in [1.165, 1.54) is 12.1 Å². The Labute approximate surface area is 148 Å². The summed E-state index contributed by atoms with van der Waals surface area (Å²) in [6, 6.07) is 12.1. The molecule has 0 spiro atoms. The fourth-order valence-electron chi connectivity index (χ4n) is 2.70. The molecule has 2 aromatic rings. The van der Waals surface area contributed by atoms with Gasteiger partial charge in [-0.05, 0) is 23.8 Å². The van der Waals surface area contributed by atoms with E-state index in [0.717, 1.165) is 36.7 Å². The first kappa shape index (κ1) is 16.7. The maximum Gasteiger partial charge on any atom is 0.196 e. The molecular formula is C18H17BrFNOS. The standard InChI is InChI=1S/C18H17BrFNOS/c19-14-5-6-16(17(20)11-14)18(22)15-4-2-1-3-13(15)12-21-7-9-23-10-8-21/h1-6,11H,7-10,12H2. The van der Waals surface area contributed by atoms with Crippen LogP contribution in [0, 0.1) is 5.82 Å². The second-order valence-electron chi connectivity index (χ2n) is 5.50. The number of hydrogen-bond donors (Lipinski definition) is 0. The van der Waals surface area contributed by atoms with E-state index in [9.17, 15) is 9.18 Å². The lowest BCUT2D eigenvalue weighted by Gasteiger charge is -2.26. The summed E-state index contributed by atoms with van der Waals surface area (Å²) in [5.74, 6) is 1.50. The Morgan fingerprint density at radius 3 is 2.61 bits per heavy atom. The number of carbonyl (C=O) groups excluding carboxylic acids is 1. The molecule has 0 amide bonds. The first-order valence-corrected chi connectivity index (χ1v) is 9.47. The fourth-order valence-corrected chi connectivity index (χ4v) is 4.01. The third-order valence-corrected chi connectivity index (χ3v) is 5.37. The molecule has 120 valence electrons.